The number of piperidine rings is 1. The molecule has 1 aromatic heterocycles. The molecule has 1 fully saturated rings. The molecular formula is C20H28N2O3. The number of rotatable bonds is 6. The lowest BCUT2D eigenvalue weighted by Gasteiger charge is -2.37. The zero-order chi connectivity index (χ0) is 17.9. The summed E-state index contributed by atoms with van der Waals surface area (Å²) in [4.78, 5) is 12.5. The Labute approximate surface area is 149 Å². The molecule has 0 spiro atoms. The molecule has 0 atom stereocenters. The van der Waals surface area contributed by atoms with Crippen LogP contribution in [-0.4, -0.2) is 39.3 Å². The Morgan fingerprint density at radius 2 is 2.08 bits per heavy atom. The fourth-order valence-electron chi connectivity index (χ4n) is 3.68. The molecule has 2 aromatic rings. The molecule has 1 saturated heterocycles. The average Bonchev–Trinajstić information content (AvgIpc) is 3.01. The number of ether oxygens (including phenoxy) is 1. The van der Waals surface area contributed by atoms with Crippen LogP contribution in [0.4, 0.5) is 0 Å². The van der Waals surface area contributed by atoms with Gasteiger partial charge in [-0.25, -0.2) is 0 Å². The van der Waals surface area contributed by atoms with E-state index in [9.17, 15) is 4.79 Å². The van der Waals surface area contributed by atoms with Crippen molar-refractivity contribution in [1.82, 2.24) is 10.6 Å². The van der Waals surface area contributed by atoms with Crippen LogP contribution in [0.15, 0.2) is 22.8 Å². The fraction of sp³-hybridized carbons (Fsp3) is 0.550. The van der Waals surface area contributed by atoms with Gasteiger partial charge in [-0.2, -0.15) is 0 Å². The van der Waals surface area contributed by atoms with Gasteiger partial charge >= 0.3 is 0 Å². The molecule has 1 aromatic carbocycles. The van der Waals surface area contributed by atoms with E-state index in [2.05, 4.69) is 30.5 Å². The number of hydrogen-bond acceptors (Lipinski definition) is 4. The van der Waals surface area contributed by atoms with E-state index in [0.717, 1.165) is 48.0 Å². The second kappa shape index (κ2) is 7.58. The predicted octanol–water partition coefficient (Wildman–Crippen LogP) is 2.72. The van der Waals surface area contributed by atoms with E-state index < -0.39 is 0 Å². The van der Waals surface area contributed by atoms with Crippen molar-refractivity contribution in [2.24, 2.45) is 5.41 Å². The van der Waals surface area contributed by atoms with Gasteiger partial charge in [0, 0.05) is 30.0 Å². The molecule has 25 heavy (non-hydrogen) atoms. The van der Waals surface area contributed by atoms with Gasteiger partial charge in [0.15, 0.2) is 0 Å². The Kier molecular flexibility index (Phi) is 5.45. The van der Waals surface area contributed by atoms with Crippen molar-refractivity contribution in [3.05, 3.63) is 35.1 Å². The van der Waals surface area contributed by atoms with Gasteiger partial charge < -0.3 is 19.8 Å². The Morgan fingerprint density at radius 3 is 2.80 bits per heavy atom. The van der Waals surface area contributed by atoms with E-state index in [4.69, 9.17) is 9.15 Å². The maximum atomic E-state index is 12.5. The van der Waals surface area contributed by atoms with Crippen molar-refractivity contribution in [3.8, 4) is 0 Å². The number of fused-ring (bicyclic) bond motifs is 1. The quantitative estimate of drug-likeness (QED) is 0.846. The van der Waals surface area contributed by atoms with Crippen molar-refractivity contribution in [2.45, 2.75) is 33.1 Å². The third-order valence-corrected chi connectivity index (χ3v) is 5.47. The van der Waals surface area contributed by atoms with Crippen LogP contribution in [0, 0.1) is 19.3 Å². The summed E-state index contributed by atoms with van der Waals surface area (Å²) in [5.74, 6) is 0.0370. The summed E-state index contributed by atoms with van der Waals surface area (Å²) >= 11 is 0. The predicted molar refractivity (Wildman–Crippen MR) is 98.8 cm³/mol. The maximum Gasteiger partial charge on any atom is 0.224 e. The normalized spacial score (nSPS) is 16.9. The average molecular weight is 344 g/mol. The Balaban J connectivity index is 1.65. The molecule has 5 nitrogen and oxygen atoms in total. The molecule has 0 bridgehead atoms. The molecule has 2 heterocycles. The third kappa shape index (κ3) is 3.88. The van der Waals surface area contributed by atoms with Crippen LogP contribution < -0.4 is 10.6 Å². The second-order valence-corrected chi connectivity index (χ2v) is 7.28. The van der Waals surface area contributed by atoms with Gasteiger partial charge in [0.05, 0.1) is 19.3 Å². The number of carbonyl (C=O) groups excluding carboxylic acids is 1. The number of aryl methyl sites for hydroxylation is 2. The second-order valence-electron chi connectivity index (χ2n) is 7.28. The number of methoxy groups -OCH3 is 1. The van der Waals surface area contributed by atoms with Gasteiger partial charge in [0.1, 0.15) is 5.58 Å². The first-order valence-corrected chi connectivity index (χ1v) is 8.97. The zero-order valence-electron chi connectivity index (χ0n) is 15.4. The minimum absolute atomic E-state index is 0.0370. The lowest BCUT2D eigenvalue weighted by Crippen LogP contribution is -2.47. The van der Waals surface area contributed by atoms with E-state index in [1.165, 1.54) is 5.56 Å². The van der Waals surface area contributed by atoms with Gasteiger partial charge in [-0.05, 0) is 50.9 Å². The van der Waals surface area contributed by atoms with Crippen LogP contribution in [0.1, 0.15) is 29.5 Å². The van der Waals surface area contributed by atoms with Gasteiger partial charge in [0.2, 0.25) is 5.91 Å². The highest BCUT2D eigenvalue weighted by molar-refractivity contribution is 5.89. The fourth-order valence-corrected chi connectivity index (χ4v) is 3.68. The molecule has 0 unspecified atom stereocenters. The third-order valence-electron chi connectivity index (χ3n) is 5.47. The summed E-state index contributed by atoms with van der Waals surface area (Å²) in [6.45, 7) is 7.42. The minimum Gasteiger partial charge on any atom is -0.464 e. The van der Waals surface area contributed by atoms with Crippen molar-refractivity contribution in [1.29, 1.82) is 0 Å². The highest BCUT2D eigenvalue weighted by Gasteiger charge is 2.32. The molecule has 3 rings (SSSR count). The molecular weight excluding hydrogens is 316 g/mol. The van der Waals surface area contributed by atoms with Crippen LogP contribution in [0.25, 0.3) is 11.0 Å². The van der Waals surface area contributed by atoms with Crippen LogP contribution in [-0.2, 0) is 16.0 Å². The van der Waals surface area contributed by atoms with E-state index >= 15 is 0 Å². The van der Waals surface area contributed by atoms with Gasteiger partial charge in [-0.3, -0.25) is 4.79 Å². The molecule has 2 N–H and O–H groups in total. The van der Waals surface area contributed by atoms with Crippen LogP contribution in [0.5, 0.6) is 0 Å². The van der Waals surface area contributed by atoms with Crippen LogP contribution in [0.2, 0.25) is 0 Å². The van der Waals surface area contributed by atoms with E-state index in [1.807, 2.05) is 6.07 Å². The van der Waals surface area contributed by atoms with E-state index in [-0.39, 0.29) is 11.3 Å². The van der Waals surface area contributed by atoms with Crippen molar-refractivity contribution >= 4 is 16.9 Å². The summed E-state index contributed by atoms with van der Waals surface area (Å²) in [5, 5.41) is 7.52. The molecule has 1 aliphatic rings. The van der Waals surface area contributed by atoms with Gasteiger partial charge in [-0.15, -0.1) is 0 Å². The number of furan rings is 1. The highest BCUT2D eigenvalue weighted by Crippen LogP contribution is 2.29. The molecule has 0 aliphatic carbocycles. The maximum absolute atomic E-state index is 12.5. The SMILES string of the molecule is COCC1(CNC(=O)Cc2coc3c(C)c(C)ccc23)CCNCC1. The monoisotopic (exact) mass is 344 g/mol. The molecule has 1 amide bonds. The lowest BCUT2D eigenvalue weighted by molar-refractivity contribution is -0.121. The molecule has 0 radical (unpaired) electrons. The number of carbonyl (C=O) groups is 1. The van der Waals surface area contributed by atoms with E-state index in [0.29, 0.717) is 19.6 Å². The summed E-state index contributed by atoms with van der Waals surface area (Å²) in [6, 6.07) is 4.13. The van der Waals surface area contributed by atoms with Crippen molar-refractivity contribution in [3.63, 3.8) is 0 Å². The largest absolute Gasteiger partial charge is 0.464 e. The van der Waals surface area contributed by atoms with Gasteiger partial charge in [-0.1, -0.05) is 12.1 Å². The molecule has 136 valence electrons. The van der Waals surface area contributed by atoms with Gasteiger partial charge in [0.25, 0.3) is 0 Å². The van der Waals surface area contributed by atoms with Crippen LogP contribution in [0.3, 0.4) is 0 Å². The zero-order valence-corrected chi connectivity index (χ0v) is 15.4. The summed E-state index contributed by atoms with van der Waals surface area (Å²) in [7, 11) is 1.73. The smallest absolute Gasteiger partial charge is 0.224 e. The number of hydrogen-bond donors (Lipinski definition) is 2. The highest BCUT2D eigenvalue weighted by atomic mass is 16.5. The first kappa shape index (κ1) is 18.0. The first-order valence-electron chi connectivity index (χ1n) is 8.97. The van der Waals surface area contributed by atoms with Crippen molar-refractivity contribution in [2.75, 3.05) is 33.4 Å². The summed E-state index contributed by atoms with van der Waals surface area (Å²) in [6.07, 6.45) is 4.10. The Hall–Kier alpha value is -1.85. The topological polar surface area (TPSA) is 63.5 Å². The van der Waals surface area contributed by atoms with E-state index in [1.54, 1.807) is 13.4 Å². The minimum atomic E-state index is 0.0370. The first-order chi connectivity index (χ1) is 12.0. The molecule has 1 aliphatic heterocycles. The molecule has 0 saturated carbocycles. The Bertz CT molecular complexity index is 739. The van der Waals surface area contributed by atoms with Crippen molar-refractivity contribution < 1.29 is 13.9 Å². The standard InChI is InChI=1S/C20H28N2O3/c1-14-4-5-17-16(11-25-19(17)15(14)2)10-18(23)22-12-20(13-24-3)6-8-21-9-7-20/h4-5,11,21H,6-10,12-13H2,1-3H3,(H,22,23). The number of amides is 1. The number of nitrogens with one attached hydrogen (secondary N) is 2. The Morgan fingerprint density at radius 1 is 1.32 bits per heavy atom. The lowest BCUT2D eigenvalue weighted by atomic mass is 9.79. The molecule has 5 heteroatoms. The number of benzene rings is 1. The summed E-state index contributed by atoms with van der Waals surface area (Å²) in [5.41, 5.74) is 4.21. The van der Waals surface area contributed by atoms with Crippen LogP contribution >= 0.6 is 0 Å². The summed E-state index contributed by atoms with van der Waals surface area (Å²) < 4.78 is 11.1.